The molecule has 0 fully saturated rings. The Bertz CT molecular complexity index is 1110. The van der Waals surface area contributed by atoms with Gasteiger partial charge < -0.3 is 15.0 Å². The van der Waals surface area contributed by atoms with Crippen LogP contribution in [0.2, 0.25) is 5.02 Å². The molecule has 0 aliphatic heterocycles. The van der Waals surface area contributed by atoms with Crippen LogP contribution < -0.4 is 10.1 Å². The van der Waals surface area contributed by atoms with Crippen LogP contribution in [-0.4, -0.2) is 35.9 Å². The average molecular weight is 507 g/mol. The lowest BCUT2D eigenvalue weighted by molar-refractivity contribution is -0.142. The summed E-state index contributed by atoms with van der Waals surface area (Å²) in [6.45, 7) is 6.59. The van der Waals surface area contributed by atoms with Crippen molar-refractivity contribution in [3.05, 3.63) is 100 Å². The second-order valence-corrected chi connectivity index (χ2v) is 9.40. The van der Waals surface area contributed by atoms with E-state index in [0.29, 0.717) is 30.3 Å². The van der Waals surface area contributed by atoms with Gasteiger partial charge in [0.1, 0.15) is 11.8 Å². The highest BCUT2D eigenvalue weighted by Crippen LogP contribution is 2.26. The van der Waals surface area contributed by atoms with E-state index in [9.17, 15) is 9.59 Å². The Morgan fingerprint density at radius 2 is 1.53 bits per heavy atom. The monoisotopic (exact) mass is 506 g/mol. The van der Waals surface area contributed by atoms with Crippen molar-refractivity contribution in [1.29, 1.82) is 0 Å². The Hall–Kier alpha value is -3.31. The molecule has 1 atom stereocenters. The molecule has 0 radical (unpaired) electrons. The lowest BCUT2D eigenvalue weighted by atomic mass is 10.0. The van der Waals surface area contributed by atoms with E-state index in [4.69, 9.17) is 16.3 Å². The standard InChI is InChI=1S/C30H35ClN2O3/c1-4-5-16-32-30(35)27(19-24-12-8-6-9-13-24)33(20-25-14-10-7-11-15-25)28(34)21-36-26-17-22(2)29(31)23(3)18-26/h6-15,17-18,27H,4-5,16,19-21H2,1-3H3,(H,32,35)/t27-/m0/s1. The second kappa shape index (κ2) is 13.7. The van der Waals surface area contributed by atoms with Gasteiger partial charge in [-0.05, 0) is 54.7 Å². The van der Waals surface area contributed by atoms with E-state index in [1.165, 1.54) is 0 Å². The summed E-state index contributed by atoms with van der Waals surface area (Å²) in [5.74, 6) is 0.167. The van der Waals surface area contributed by atoms with Gasteiger partial charge in [0.2, 0.25) is 5.91 Å². The van der Waals surface area contributed by atoms with Crippen molar-refractivity contribution in [3.63, 3.8) is 0 Å². The summed E-state index contributed by atoms with van der Waals surface area (Å²) < 4.78 is 5.90. The number of halogens is 1. The summed E-state index contributed by atoms with van der Waals surface area (Å²) in [5.41, 5.74) is 3.71. The molecule has 0 saturated heterocycles. The molecule has 3 aromatic carbocycles. The molecule has 3 aromatic rings. The highest BCUT2D eigenvalue weighted by atomic mass is 35.5. The molecule has 6 heteroatoms. The van der Waals surface area contributed by atoms with Gasteiger partial charge in [-0.2, -0.15) is 0 Å². The summed E-state index contributed by atoms with van der Waals surface area (Å²) in [7, 11) is 0. The smallest absolute Gasteiger partial charge is 0.261 e. The van der Waals surface area contributed by atoms with Gasteiger partial charge in [0.15, 0.2) is 6.61 Å². The van der Waals surface area contributed by atoms with Crippen LogP contribution in [0.1, 0.15) is 42.0 Å². The molecule has 190 valence electrons. The summed E-state index contributed by atoms with van der Waals surface area (Å²) in [6, 6.07) is 22.5. The van der Waals surface area contributed by atoms with Crippen molar-refractivity contribution >= 4 is 23.4 Å². The van der Waals surface area contributed by atoms with Gasteiger partial charge in [0.25, 0.3) is 5.91 Å². The average Bonchev–Trinajstić information content (AvgIpc) is 2.89. The first kappa shape index (κ1) is 27.3. The molecule has 0 unspecified atom stereocenters. The predicted molar refractivity (Wildman–Crippen MR) is 145 cm³/mol. The van der Waals surface area contributed by atoms with Crippen molar-refractivity contribution in [3.8, 4) is 5.75 Å². The van der Waals surface area contributed by atoms with Crippen molar-refractivity contribution in [1.82, 2.24) is 10.2 Å². The van der Waals surface area contributed by atoms with Crippen LogP contribution in [0.25, 0.3) is 0 Å². The SMILES string of the molecule is CCCCNC(=O)[C@H](Cc1ccccc1)N(Cc1ccccc1)C(=O)COc1cc(C)c(Cl)c(C)c1. The number of benzene rings is 3. The van der Waals surface area contributed by atoms with E-state index < -0.39 is 6.04 Å². The number of nitrogens with zero attached hydrogens (tertiary/aromatic N) is 1. The van der Waals surface area contributed by atoms with Crippen LogP contribution in [0.15, 0.2) is 72.8 Å². The molecule has 36 heavy (non-hydrogen) atoms. The number of carbonyl (C=O) groups excluding carboxylic acids is 2. The molecular formula is C30H35ClN2O3. The predicted octanol–water partition coefficient (Wildman–Crippen LogP) is 5.89. The minimum Gasteiger partial charge on any atom is -0.484 e. The van der Waals surface area contributed by atoms with E-state index in [2.05, 4.69) is 12.2 Å². The normalized spacial score (nSPS) is 11.6. The number of hydrogen-bond donors (Lipinski definition) is 1. The highest BCUT2D eigenvalue weighted by Gasteiger charge is 2.30. The lowest BCUT2D eigenvalue weighted by Crippen LogP contribution is -2.51. The number of ether oxygens (including phenoxy) is 1. The third kappa shape index (κ3) is 7.85. The molecular weight excluding hydrogens is 472 g/mol. The maximum Gasteiger partial charge on any atom is 0.261 e. The van der Waals surface area contributed by atoms with Crippen LogP contribution in [-0.2, 0) is 22.6 Å². The number of rotatable bonds is 12. The zero-order valence-electron chi connectivity index (χ0n) is 21.3. The molecule has 0 aliphatic rings. The molecule has 5 nitrogen and oxygen atoms in total. The van der Waals surface area contributed by atoms with E-state index in [-0.39, 0.29) is 18.4 Å². The number of hydrogen-bond acceptors (Lipinski definition) is 3. The first-order valence-electron chi connectivity index (χ1n) is 12.4. The molecule has 3 rings (SSSR count). The molecule has 1 N–H and O–H groups in total. The fraction of sp³-hybridized carbons (Fsp3) is 0.333. The molecule has 0 heterocycles. The van der Waals surface area contributed by atoms with Crippen LogP contribution in [0.5, 0.6) is 5.75 Å². The fourth-order valence-electron chi connectivity index (χ4n) is 4.06. The molecule has 0 aromatic heterocycles. The zero-order chi connectivity index (χ0) is 25.9. The van der Waals surface area contributed by atoms with E-state index >= 15 is 0 Å². The lowest BCUT2D eigenvalue weighted by Gasteiger charge is -2.31. The number of unbranched alkanes of at least 4 members (excludes halogenated alkanes) is 1. The van der Waals surface area contributed by atoms with Crippen molar-refractivity contribution in [2.24, 2.45) is 0 Å². The number of carbonyl (C=O) groups is 2. The Morgan fingerprint density at radius 3 is 2.11 bits per heavy atom. The maximum absolute atomic E-state index is 13.6. The van der Waals surface area contributed by atoms with Crippen LogP contribution in [0.4, 0.5) is 0 Å². The van der Waals surface area contributed by atoms with Gasteiger partial charge in [0, 0.05) is 24.5 Å². The topological polar surface area (TPSA) is 58.6 Å². The van der Waals surface area contributed by atoms with Gasteiger partial charge in [-0.1, -0.05) is 85.6 Å². The molecule has 0 bridgehead atoms. The third-order valence-corrected chi connectivity index (χ3v) is 6.66. The Labute approximate surface area is 219 Å². The van der Waals surface area contributed by atoms with Crippen LogP contribution >= 0.6 is 11.6 Å². The summed E-state index contributed by atoms with van der Waals surface area (Å²) in [6.07, 6.45) is 2.27. The van der Waals surface area contributed by atoms with Crippen LogP contribution in [0, 0.1) is 13.8 Å². The summed E-state index contributed by atoms with van der Waals surface area (Å²) >= 11 is 6.28. The van der Waals surface area contributed by atoms with Crippen LogP contribution in [0.3, 0.4) is 0 Å². The van der Waals surface area contributed by atoms with Gasteiger partial charge in [-0.25, -0.2) is 0 Å². The van der Waals surface area contributed by atoms with E-state index in [1.54, 1.807) is 4.90 Å². The first-order valence-corrected chi connectivity index (χ1v) is 12.8. The van der Waals surface area contributed by atoms with E-state index in [0.717, 1.165) is 35.1 Å². The van der Waals surface area contributed by atoms with Gasteiger partial charge >= 0.3 is 0 Å². The number of aryl methyl sites for hydroxylation is 2. The van der Waals surface area contributed by atoms with Gasteiger partial charge in [0.05, 0.1) is 0 Å². The quantitative estimate of drug-likeness (QED) is 0.311. The molecule has 0 saturated carbocycles. The Morgan fingerprint density at radius 1 is 0.944 bits per heavy atom. The van der Waals surface area contributed by atoms with Crippen molar-refractivity contribution in [2.45, 2.75) is 52.6 Å². The molecule has 0 spiro atoms. The minimum atomic E-state index is -0.672. The summed E-state index contributed by atoms with van der Waals surface area (Å²) in [5, 5.41) is 3.72. The highest BCUT2D eigenvalue weighted by molar-refractivity contribution is 6.32. The maximum atomic E-state index is 13.6. The number of nitrogens with one attached hydrogen (secondary N) is 1. The van der Waals surface area contributed by atoms with Gasteiger partial charge in [-0.3, -0.25) is 9.59 Å². The number of amides is 2. The largest absolute Gasteiger partial charge is 0.484 e. The second-order valence-electron chi connectivity index (χ2n) is 9.02. The Kier molecular flexibility index (Phi) is 10.4. The molecule has 0 aliphatic carbocycles. The minimum absolute atomic E-state index is 0.158. The third-order valence-electron chi connectivity index (χ3n) is 6.07. The zero-order valence-corrected chi connectivity index (χ0v) is 22.1. The molecule has 2 amide bonds. The fourth-order valence-corrected chi connectivity index (χ4v) is 4.17. The van der Waals surface area contributed by atoms with E-state index in [1.807, 2.05) is 86.6 Å². The van der Waals surface area contributed by atoms with Crippen molar-refractivity contribution in [2.75, 3.05) is 13.2 Å². The first-order chi connectivity index (χ1) is 17.4. The Balaban J connectivity index is 1.87. The van der Waals surface area contributed by atoms with Gasteiger partial charge in [-0.15, -0.1) is 0 Å². The summed E-state index contributed by atoms with van der Waals surface area (Å²) in [4.78, 5) is 28.7. The van der Waals surface area contributed by atoms with Crippen molar-refractivity contribution < 1.29 is 14.3 Å².